The number of ketones is 1. The van der Waals surface area contributed by atoms with Crippen LogP contribution in [-0.2, 0) is 59.0 Å². The molecule has 460 valence electrons. The summed E-state index contributed by atoms with van der Waals surface area (Å²) >= 11 is 0. The van der Waals surface area contributed by atoms with Gasteiger partial charge in [0.05, 0.1) is 38.1 Å². The first-order valence-corrected chi connectivity index (χ1v) is 28.9. The molecule has 2 aromatic carbocycles. The zero-order valence-corrected chi connectivity index (χ0v) is 50.6. The number of fused-ring (bicyclic) bond motifs is 2. The maximum Gasteiger partial charge on any atom is 0.349 e. The Morgan fingerprint density at radius 2 is 1.54 bits per heavy atom. The number of carbonyl (C=O) groups is 10. The molecule has 0 spiro atoms. The molecule has 2 aliphatic heterocycles. The Morgan fingerprint density at radius 1 is 0.869 bits per heavy atom. The van der Waals surface area contributed by atoms with Crippen LogP contribution >= 0.6 is 0 Å². The highest BCUT2D eigenvalue weighted by molar-refractivity contribution is 6.05. The van der Waals surface area contributed by atoms with Gasteiger partial charge in [-0.15, -0.1) is 0 Å². The molecule has 2 aliphatic rings. The number of aliphatic hydroxyl groups is 1. The van der Waals surface area contributed by atoms with Crippen molar-refractivity contribution < 1.29 is 71.7 Å². The Labute approximate surface area is 490 Å². The van der Waals surface area contributed by atoms with Crippen molar-refractivity contribution in [3.8, 4) is 5.75 Å². The fraction of sp³-hybridized carbons (Fsp3) is 0.590. The number of para-hydroxylation sites is 1. The molecule has 23 nitrogen and oxygen atoms in total. The van der Waals surface area contributed by atoms with Gasteiger partial charge in [-0.1, -0.05) is 92.1 Å². The van der Waals surface area contributed by atoms with E-state index in [1.165, 1.54) is 50.9 Å². The maximum absolute atomic E-state index is 15.0. The van der Waals surface area contributed by atoms with Crippen molar-refractivity contribution in [1.29, 1.82) is 0 Å². The van der Waals surface area contributed by atoms with E-state index < -0.39 is 150 Å². The van der Waals surface area contributed by atoms with Gasteiger partial charge >= 0.3 is 17.6 Å². The fourth-order valence-corrected chi connectivity index (χ4v) is 10.4. The number of hydrogen-bond acceptors (Lipinski definition) is 16. The highest BCUT2D eigenvalue weighted by Crippen LogP contribution is 2.26. The fourth-order valence-electron chi connectivity index (χ4n) is 10.4. The zero-order valence-electron chi connectivity index (χ0n) is 50.6. The summed E-state index contributed by atoms with van der Waals surface area (Å²) in [7, 11) is 4.18. The molecule has 84 heavy (non-hydrogen) atoms. The maximum atomic E-state index is 15.0. The number of methoxy groups -OCH3 is 1. The normalized spacial score (nSPS) is 24.4. The molecule has 7 amide bonds. The van der Waals surface area contributed by atoms with Gasteiger partial charge in [0, 0.05) is 32.4 Å². The first-order valence-electron chi connectivity index (χ1n) is 28.9. The SMILES string of the molecule is CC[C@H](C)C1NC(=O)[C@@H](NC(=O)[C@@H](CC(C)C)N(C)C(=O)CNC(=O)c2cc3ccccc3oc2=O)[C@@H](C)OC(=O)[C@H](Cc2ccc(OC)cc2)N(C)C(=O)[C@@H]2CCCN2C(=O)[C@H](CC(C)C)NC(=O)[C@@H](C)C(=O)[C@H](C(C)C)OC(=O)C[C@@H]1O. The first-order chi connectivity index (χ1) is 39.6. The van der Waals surface area contributed by atoms with Gasteiger partial charge in [0.25, 0.3) is 5.91 Å². The molecule has 11 atom stereocenters. The number of esters is 2. The zero-order chi connectivity index (χ0) is 62.4. The van der Waals surface area contributed by atoms with Gasteiger partial charge in [-0.3, -0.25) is 43.2 Å². The van der Waals surface area contributed by atoms with E-state index in [0.29, 0.717) is 29.5 Å². The Balaban J connectivity index is 1.58. The Kier molecular flexibility index (Phi) is 24.1. The quantitative estimate of drug-likeness (QED) is 0.0779. The molecule has 0 saturated carbocycles. The van der Waals surface area contributed by atoms with Gasteiger partial charge in [-0.2, -0.15) is 0 Å². The number of aliphatic hydroxyl groups excluding tert-OH is 1. The molecule has 5 N–H and O–H groups in total. The molecule has 0 aliphatic carbocycles. The lowest BCUT2D eigenvalue weighted by Crippen LogP contribution is -2.61. The summed E-state index contributed by atoms with van der Waals surface area (Å²) in [4.78, 5) is 160. The van der Waals surface area contributed by atoms with E-state index in [4.69, 9.17) is 18.6 Å². The van der Waals surface area contributed by atoms with E-state index in [-0.39, 0.29) is 55.2 Å². The predicted molar refractivity (Wildman–Crippen MR) is 309 cm³/mol. The van der Waals surface area contributed by atoms with Crippen molar-refractivity contribution in [2.45, 2.75) is 169 Å². The summed E-state index contributed by atoms with van der Waals surface area (Å²) in [5, 5.41) is 22.9. The van der Waals surface area contributed by atoms with Crippen LogP contribution in [0.1, 0.15) is 124 Å². The molecule has 2 fully saturated rings. The topological polar surface area (TPSA) is 307 Å². The summed E-state index contributed by atoms with van der Waals surface area (Å²) in [6, 6.07) is 6.41. The van der Waals surface area contributed by atoms with E-state index in [1.807, 2.05) is 13.8 Å². The minimum atomic E-state index is -1.81. The summed E-state index contributed by atoms with van der Waals surface area (Å²) < 4.78 is 22.5. The smallest absolute Gasteiger partial charge is 0.349 e. The van der Waals surface area contributed by atoms with Crippen LogP contribution in [0.4, 0.5) is 0 Å². The van der Waals surface area contributed by atoms with Crippen LogP contribution in [0.2, 0.25) is 0 Å². The summed E-state index contributed by atoms with van der Waals surface area (Å²) in [5.74, 6) is -11.1. The second-order valence-electron chi connectivity index (χ2n) is 23.3. The third-order valence-electron chi connectivity index (χ3n) is 15.6. The Hall–Kier alpha value is -7.69. The number of benzene rings is 2. The highest BCUT2D eigenvalue weighted by Gasteiger charge is 2.45. The van der Waals surface area contributed by atoms with Gasteiger partial charge in [-0.25, -0.2) is 9.59 Å². The molecule has 2 saturated heterocycles. The molecule has 5 rings (SSSR count). The number of ether oxygens (including phenoxy) is 3. The van der Waals surface area contributed by atoms with Crippen molar-refractivity contribution in [1.82, 2.24) is 36.0 Å². The highest BCUT2D eigenvalue weighted by atomic mass is 16.6. The second-order valence-corrected chi connectivity index (χ2v) is 23.3. The average molecular weight is 1170 g/mol. The van der Waals surface area contributed by atoms with Crippen molar-refractivity contribution >= 4 is 70.0 Å². The number of hydrogen-bond donors (Lipinski definition) is 5. The molecule has 1 unspecified atom stereocenters. The van der Waals surface area contributed by atoms with Gasteiger partial charge in [0.2, 0.25) is 35.4 Å². The average Bonchev–Trinajstić information content (AvgIpc) is 4.12. The number of nitrogens with zero attached hydrogens (tertiary/aromatic N) is 3. The van der Waals surface area contributed by atoms with Crippen molar-refractivity contribution in [2.24, 2.45) is 29.6 Å². The molecule has 23 heteroatoms. The van der Waals surface area contributed by atoms with E-state index >= 15 is 4.79 Å². The van der Waals surface area contributed by atoms with Crippen LogP contribution in [0.25, 0.3) is 11.0 Å². The van der Waals surface area contributed by atoms with Crippen LogP contribution in [0.5, 0.6) is 5.75 Å². The van der Waals surface area contributed by atoms with Gasteiger partial charge in [0.15, 0.2) is 11.9 Å². The lowest BCUT2D eigenvalue weighted by Gasteiger charge is -2.36. The number of Topliss-reactive ketones (excluding diaryl/α,β-unsaturated/α-hetero) is 1. The van der Waals surface area contributed by atoms with Gasteiger partial charge < -0.3 is 59.7 Å². The minimum absolute atomic E-state index is 0.00767. The van der Waals surface area contributed by atoms with E-state index in [9.17, 15) is 53.1 Å². The van der Waals surface area contributed by atoms with Crippen LogP contribution < -0.4 is 31.6 Å². The lowest BCUT2D eigenvalue weighted by atomic mass is 9.91. The molecule has 3 heterocycles. The number of cyclic esters (lactones) is 2. The van der Waals surface area contributed by atoms with Crippen molar-refractivity contribution in [3.05, 3.63) is 76.1 Å². The minimum Gasteiger partial charge on any atom is -0.497 e. The third kappa shape index (κ3) is 17.2. The van der Waals surface area contributed by atoms with E-state index in [2.05, 4.69) is 21.3 Å². The molecule has 1 aromatic heterocycles. The number of rotatable bonds is 16. The summed E-state index contributed by atoms with van der Waals surface area (Å²) in [6.45, 7) is 16.0. The Morgan fingerprint density at radius 3 is 2.15 bits per heavy atom. The third-order valence-corrected chi connectivity index (χ3v) is 15.6. The number of carbonyl (C=O) groups excluding carboxylic acids is 10. The van der Waals surface area contributed by atoms with Crippen LogP contribution in [0.15, 0.2) is 63.8 Å². The lowest BCUT2D eigenvalue weighted by molar-refractivity contribution is -0.163. The van der Waals surface area contributed by atoms with E-state index in [1.54, 1.807) is 90.1 Å². The van der Waals surface area contributed by atoms with Crippen LogP contribution in [0.3, 0.4) is 0 Å². The molecular weight excluding hydrogens is 1090 g/mol. The monoisotopic (exact) mass is 1170 g/mol. The van der Waals surface area contributed by atoms with Gasteiger partial charge in [-0.05, 0) is 93.0 Å². The number of nitrogens with one attached hydrogen (secondary N) is 4. The first kappa shape index (κ1) is 67.1. The molecule has 0 radical (unpaired) electrons. The predicted octanol–water partition coefficient (Wildman–Crippen LogP) is 3.48. The molecule has 3 aromatic rings. The summed E-state index contributed by atoms with van der Waals surface area (Å²) in [6.07, 6.45) is -4.61. The van der Waals surface area contributed by atoms with Crippen LogP contribution in [-0.4, -0.2) is 168 Å². The molecule has 0 bridgehead atoms. The van der Waals surface area contributed by atoms with Crippen LogP contribution in [0, 0.1) is 29.6 Å². The van der Waals surface area contributed by atoms with Crippen molar-refractivity contribution in [3.63, 3.8) is 0 Å². The number of likely N-dealkylation sites (N-methyl/N-ethyl adjacent to an activating group) is 2. The van der Waals surface area contributed by atoms with Gasteiger partial charge in [0.1, 0.15) is 53.2 Å². The van der Waals surface area contributed by atoms with E-state index in [0.717, 1.165) is 4.90 Å². The Bertz CT molecular complexity index is 2930. The van der Waals surface area contributed by atoms with Crippen molar-refractivity contribution in [2.75, 3.05) is 34.3 Å². The summed E-state index contributed by atoms with van der Waals surface area (Å²) in [5.41, 5.74) is -0.498. The number of amides is 7. The molecular formula is C61H85N7O16. The standard InChI is InChI=1S/C61H85N7O16/c1-14-35(8)50-46(69)30-49(71)84-53(34(6)7)52(72)36(9)54(73)63-42(26-32(2)3)58(77)68-25-17-19-43(68)59(78)67(12)45(28-38-21-23-40(81-13)24-22-38)61(80)82-37(10)51(57(76)64-50)65-56(75)44(27-33(4)5)66(11)48(70)31-62-55(74)41-29-39-18-15-16-20-47(39)83-60(41)79/h15-16,18,20-24,29,32-37,42-46,50-51,53,69H,14,17,19,25-28,30-31H2,1-13H3,(H,62,74)(H,63,73)(H,64,76)(H,65,75)/t35-,36-,37+,42-,43-,44+,45-,46-,50?,51-,53-/m0/s1. The second kappa shape index (κ2) is 30.2. The largest absolute Gasteiger partial charge is 0.497 e.